The van der Waals surface area contributed by atoms with Crippen LogP contribution in [0.4, 0.5) is 4.39 Å². The van der Waals surface area contributed by atoms with Gasteiger partial charge >= 0.3 is 0 Å². The van der Waals surface area contributed by atoms with Crippen LogP contribution >= 0.6 is 11.6 Å². The highest BCUT2D eigenvalue weighted by Crippen LogP contribution is 2.30. The quantitative estimate of drug-likeness (QED) is 0.452. The second kappa shape index (κ2) is 7.26. The number of alkyl halides is 1. The highest BCUT2D eigenvalue weighted by molar-refractivity contribution is 6.20. The fourth-order valence-electron chi connectivity index (χ4n) is 2.83. The third kappa shape index (κ3) is 3.76. The normalized spacial score (nSPS) is 14.5. The lowest BCUT2D eigenvalue weighted by atomic mass is 10.1. The molecule has 0 N–H and O–H groups in total. The first-order valence-electron chi connectivity index (χ1n) is 7.86. The number of benzene rings is 1. The largest absolute Gasteiger partial charge is 0.324 e. The average molecular weight is 311 g/mol. The van der Waals surface area contributed by atoms with Gasteiger partial charge in [-0.2, -0.15) is 0 Å². The number of fused-ring (bicyclic) bond motifs is 1. The zero-order chi connectivity index (χ0) is 15.4. The number of halogens is 2. The molecule has 0 aliphatic rings. The van der Waals surface area contributed by atoms with Crippen LogP contribution < -0.4 is 0 Å². The van der Waals surface area contributed by atoms with E-state index in [1.54, 1.807) is 0 Å². The Hall–Kier alpha value is -1.09. The highest BCUT2D eigenvalue weighted by atomic mass is 35.5. The predicted octanol–water partition coefficient (Wildman–Crippen LogP) is 6.01. The summed E-state index contributed by atoms with van der Waals surface area (Å²) < 4.78 is 15.6. The highest BCUT2D eigenvalue weighted by Gasteiger charge is 2.19. The number of nitrogens with zero attached hydrogens (tertiary/aromatic N) is 2. The van der Waals surface area contributed by atoms with Gasteiger partial charge in [-0.1, -0.05) is 32.6 Å². The summed E-state index contributed by atoms with van der Waals surface area (Å²) in [5.74, 6) is 0.580. The summed E-state index contributed by atoms with van der Waals surface area (Å²) >= 11 is 6.27. The van der Waals surface area contributed by atoms with Crippen molar-refractivity contribution in [2.75, 3.05) is 0 Å². The van der Waals surface area contributed by atoms with Crippen LogP contribution in [-0.2, 0) is 0 Å². The minimum atomic E-state index is -0.253. The molecule has 116 valence electrons. The molecule has 1 aromatic carbocycles. The van der Waals surface area contributed by atoms with Crippen molar-refractivity contribution in [2.45, 2.75) is 64.3 Å². The first-order valence-corrected chi connectivity index (χ1v) is 8.29. The van der Waals surface area contributed by atoms with E-state index in [0.29, 0.717) is 11.6 Å². The minimum absolute atomic E-state index is 0.182. The molecule has 0 saturated heterocycles. The first-order chi connectivity index (χ1) is 10.0. The van der Waals surface area contributed by atoms with Crippen molar-refractivity contribution < 1.29 is 4.39 Å². The lowest BCUT2D eigenvalue weighted by Crippen LogP contribution is -2.10. The predicted molar refractivity (Wildman–Crippen MR) is 87.4 cm³/mol. The maximum Gasteiger partial charge on any atom is 0.127 e. The second-order valence-electron chi connectivity index (χ2n) is 5.79. The molecule has 21 heavy (non-hydrogen) atoms. The van der Waals surface area contributed by atoms with Gasteiger partial charge in [-0.05, 0) is 32.4 Å². The average Bonchev–Trinajstić information content (AvgIpc) is 2.82. The van der Waals surface area contributed by atoms with Crippen molar-refractivity contribution in [3.8, 4) is 0 Å². The molecule has 2 aromatic rings. The van der Waals surface area contributed by atoms with Crippen LogP contribution in [-0.4, -0.2) is 9.55 Å². The van der Waals surface area contributed by atoms with Crippen LogP contribution in [0, 0.1) is 5.82 Å². The Bertz CT molecular complexity index is 592. The lowest BCUT2D eigenvalue weighted by molar-refractivity contribution is 0.468. The standard InChI is InChI=1S/C17H24ClFN2/c1-4-5-6-7-8-12(2)21-16-10-9-14(19)11-15(16)20-17(21)13(3)18/h9-13H,4-8H2,1-3H3. The van der Waals surface area contributed by atoms with E-state index in [4.69, 9.17) is 11.6 Å². The zero-order valence-electron chi connectivity index (χ0n) is 13.1. The molecule has 0 aliphatic heterocycles. The second-order valence-corrected chi connectivity index (χ2v) is 6.44. The Morgan fingerprint density at radius 2 is 2.00 bits per heavy atom. The van der Waals surface area contributed by atoms with Gasteiger partial charge in [0.15, 0.2) is 0 Å². The molecule has 0 amide bonds. The molecule has 2 atom stereocenters. The summed E-state index contributed by atoms with van der Waals surface area (Å²) in [6.45, 7) is 6.33. The summed E-state index contributed by atoms with van der Waals surface area (Å²) in [6, 6.07) is 5.11. The van der Waals surface area contributed by atoms with Gasteiger partial charge in [0.25, 0.3) is 0 Å². The Kier molecular flexibility index (Phi) is 5.63. The molecular weight excluding hydrogens is 287 g/mol. The molecule has 0 aliphatic carbocycles. The van der Waals surface area contributed by atoms with Crippen molar-refractivity contribution in [3.05, 3.63) is 29.8 Å². The van der Waals surface area contributed by atoms with Crippen LogP contribution in [0.25, 0.3) is 11.0 Å². The van der Waals surface area contributed by atoms with E-state index in [1.165, 1.54) is 37.8 Å². The Labute approximate surface area is 131 Å². The summed E-state index contributed by atoms with van der Waals surface area (Å²) in [5.41, 5.74) is 1.67. The molecule has 2 nitrogen and oxygen atoms in total. The third-order valence-electron chi connectivity index (χ3n) is 3.95. The van der Waals surface area contributed by atoms with Crippen molar-refractivity contribution in [1.29, 1.82) is 0 Å². The number of aromatic nitrogens is 2. The molecule has 0 radical (unpaired) electrons. The first kappa shape index (κ1) is 16.3. The van der Waals surface area contributed by atoms with Gasteiger partial charge in [0.1, 0.15) is 11.6 Å². The fraction of sp³-hybridized carbons (Fsp3) is 0.588. The Balaban J connectivity index is 2.29. The Morgan fingerprint density at radius 1 is 1.24 bits per heavy atom. The fourth-order valence-corrected chi connectivity index (χ4v) is 2.98. The molecule has 0 saturated carbocycles. The summed E-state index contributed by atoms with van der Waals surface area (Å²) in [6.07, 6.45) is 6.08. The third-order valence-corrected chi connectivity index (χ3v) is 4.15. The topological polar surface area (TPSA) is 17.8 Å². The molecule has 1 heterocycles. The zero-order valence-corrected chi connectivity index (χ0v) is 13.8. The van der Waals surface area contributed by atoms with Gasteiger partial charge in [0, 0.05) is 12.1 Å². The van der Waals surface area contributed by atoms with Crippen LogP contribution in [0.3, 0.4) is 0 Å². The molecule has 1 aromatic heterocycles. The van der Waals surface area contributed by atoms with Crippen LogP contribution in [0.5, 0.6) is 0 Å². The molecule has 0 fully saturated rings. The number of hydrogen-bond acceptors (Lipinski definition) is 1. The molecule has 2 unspecified atom stereocenters. The van der Waals surface area contributed by atoms with E-state index >= 15 is 0 Å². The number of unbranched alkanes of at least 4 members (excludes halogenated alkanes) is 3. The molecule has 4 heteroatoms. The number of imidazole rings is 1. The van der Waals surface area contributed by atoms with Gasteiger partial charge in [-0.3, -0.25) is 0 Å². The molecular formula is C17H24ClFN2. The van der Waals surface area contributed by atoms with Gasteiger partial charge in [0.05, 0.1) is 16.4 Å². The van der Waals surface area contributed by atoms with E-state index in [1.807, 2.05) is 13.0 Å². The maximum atomic E-state index is 13.4. The van der Waals surface area contributed by atoms with Crippen molar-refractivity contribution >= 4 is 22.6 Å². The van der Waals surface area contributed by atoms with Gasteiger partial charge < -0.3 is 4.57 Å². The van der Waals surface area contributed by atoms with Crippen LogP contribution in [0.1, 0.15) is 70.1 Å². The Morgan fingerprint density at radius 3 is 2.67 bits per heavy atom. The van der Waals surface area contributed by atoms with E-state index in [9.17, 15) is 4.39 Å². The number of hydrogen-bond donors (Lipinski definition) is 0. The summed E-state index contributed by atoms with van der Waals surface area (Å²) in [4.78, 5) is 4.53. The number of rotatable bonds is 7. The SMILES string of the molecule is CCCCCCC(C)n1c(C(C)Cl)nc2cc(F)ccc21. The maximum absolute atomic E-state index is 13.4. The van der Waals surface area contributed by atoms with E-state index in [0.717, 1.165) is 17.8 Å². The van der Waals surface area contributed by atoms with E-state index < -0.39 is 0 Å². The van der Waals surface area contributed by atoms with E-state index in [2.05, 4.69) is 23.4 Å². The smallest absolute Gasteiger partial charge is 0.127 e. The molecule has 0 bridgehead atoms. The monoisotopic (exact) mass is 310 g/mol. The van der Waals surface area contributed by atoms with Crippen LogP contribution in [0.15, 0.2) is 18.2 Å². The van der Waals surface area contributed by atoms with Gasteiger partial charge in [0.2, 0.25) is 0 Å². The molecule has 0 spiro atoms. The van der Waals surface area contributed by atoms with E-state index in [-0.39, 0.29) is 11.2 Å². The van der Waals surface area contributed by atoms with Gasteiger partial charge in [-0.25, -0.2) is 9.37 Å². The van der Waals surface area contributed by atoms with Crippen molar-refractivity contribution in [3.63, 3.8) is 0 Å². The van der Waals surface area contributed by atoms with Gasteiger partial charge in [-0.15, -0.1) is 11.6 Å². The van der Waals surface area contributed by atoms with Crippen molar-refractivity contribution in [2.24, 2.45) is 0 Å². The summed E-state index contributed by atoms with van der Waals surface area (Å²) in [5, 5.41) is -0.182. The summed E-state index contributed by atoms with van der Waals surface area (Å²) in [7, 11) is 0. The van der Waals surface area contributed by atoms with Crippen molar-refractivity contribution in [1.82, 2.24) is 9.55 Å². The lowest BCUT2D eigenvalue weighted by Gasteiger charge is -2.18. The minimum Gasteiger partial charge on any atom is -0.324 e. The van der Waals surface area contributed by atoms with Crippen LogP contribution in [0.2, 0.25) is 0 Å². The molecule has 2 rings (SSSR count).